The third-order valence-electron chi connectivity index (χ3n) is 3.29. The summed E-state index contributed by atoms with van der Waals surface area (Å²) >= 11 is 3.45. The van der Waals surface area contributed by atoms with Gasteiger partial charge in [-0.1, -0.05) is 34.1 Å². The van der Waals surface area contributed by atoms with Gasteiger partial charge in [-0.15, -0.1) is 0 Å². The van der Waals surface area contributed by atoms with Crippen LogP contribution in [0.2, 0.25) is 0 Å². The molecule has 2 nitrogen and oxygen atoms in total. The molecule has 0 aliphatic carbocycles. The van der Waals surface area contributed by atoms with Gasteiger partial charge in [0.1, 0.15) is 0 Å². The number of Topliss-reactive ketones (excluding diaryl/α,β-unsaturated/α-hetero) is 1. The summed E-state index contributed by atoms with van der Waals surface area (Å²) in [5.41, 5.74) is 1.49. The maximum Gasteiger partial charge on any atom is 0.192 e. The standard InChI is InChI=1S/C16H13BrO2/c17-15-6-5-11-8-13(4-3-12(11)9-15)16(18)14-2-1-7-19-10-14/h3-6,8-10H,1-2,7H2. The predicted molar refractivity (Wildman–Crippen MR) is 79.2 cm³/mol. The van der Waals surface area contributed by atoms with Crippen LogP contribution >= 0.6 is 15.9 Å². The molecular weight excluding hydrogens is 304 g/mol. The zero-order valence-corrected chi connectivity index (χ0v) is 11.9. The van der Waals surface area contributed by atoms with Crippen molar-refractivity contribution in [2.24, 2.45) is 0 Å². The van der Waals surface area contributed by atoms with Crippen LogP contribution in [-0.2, 0) is 4.74 Å². The van der Waals surface area contributed by atoms with Crippen molar-refractivity contribution in [3.05, 3.63) is 58.3 Å². The van der Waals surface area contributed by atoms with Crippen molar-refractivity contribution < 1.29 is 9.53 Å². The van der Waals surface area contributed by atoms with E-state index in [2.05, 4.69) is 15.9 Å². The maximum atomic E-state index is 12.4. The van der Waals surface area contributed by atoms with Crippen molar-refractivity contribution in [1.82, 2.24) is 0 Å². The van der Waals surface area contributed by atoms with E-state index in [1.54, 1.807) is 6.26 Å². The van der Waals surface area contributed by atoms with Crippen LogP contribution in [0.5, 0.6) is 0 Å². The van der Waals surface area contributed by atoms with Gasteiger partial charge in [-0.3, -0.25) is 4.79 Å². The summed E-state index contributed by atoms with van der Waals surface area (Å²) in [6.45, 7) is 0.711. The lowest BCUT2D eigenvalue weighted by atomic mass is 9.97. The molecule has 3 heteroatoms. The number of benzene rings is 2. The van der Waals surface area contributed by atoms with Gasteiger partial charge in [-0.05, 0) is 41.8 Å². The number of carbonyl (C=O) groups excluding carboxylic acids is 1. The van der Waals surface area contributed by atoms with Crippen molar-refractivity contribution in [1.29, 1.82) is 0 Å². The molecule has 0 saturated carbocycles. The summed E-state index contributed by atoms with van der Waals surface area (Å²) in [7, 11) is 0. The minimum Gasteiger partial charge on any atom is -0.501 e. The molecule has 19 heavy (non-hydrogen) atoms. The maximum absolute atomic E-state index is 12.4. The molecule has 1 aliphatic rings. The van der Waals surface area contributed by atoms with E-state index in [-0.39, 0.29) is 5.78 Å². The van der Waals surface area contributed by atoms with Gasteiger partial charge in [0, 0.05) is 15.6 Å². The van der Waals surface area contributed by atoms with E-state index in [1.165, 1.54) is 0 Å². The zero-order valence-electron chi connectivity index (χ0n) is 10.4. The second kappa shape index (κ2) is 5.17. The second-order valence-corrected chi connectivity index (χ2v) is 5.57. The van der Waals surface area contributed by atoms with Crippen molar-refractivity contribution >= 4 is 32.5 Å². The van der Waals surface area contributed by atoms with Gasteiger partial charge in [0.2, 0.25) is 0 Å². The number of hydrogen-bond acceptors (Lipinski definition) is 2. The number of carbonyl (C=O) groups is 1. The topological polar surface area (TPSA) is 26.3 Å². The molecule has 1 aliphatic heterocycles. The molecule has 2 aromatic carbocycles. The Labute approximate surface area is 120 Å². The first-order valence-corrected chi connectivity index (χ1v) is 7.08. The Kier molecular flexibility index (Phi) is 3.38. The lowest BCUT2D eigenvalue weighted by Gasteiger charge is -2.13. The van der Waals surface area contributed by atoms with Crippen LogP contribution < -0.4 is 0 Å². The van der Waals surface area contributed by atoms with Crippen molar-refractivity contribution in [2.75, 3.05) is 6.61 Å². The Morgan fingerprint density at radius 1 is 1.11 bits per heavy atom. The van der Waals surface area contributed by atoms with Crippen LogP contribution in [-0.4, -0.2) is 12.4 Å². The highest BCUT2D eigenvalue weighted by Crippen LogP contribution is 2.23. The number of hydrogen-bond donors (Lipinski definition) is 0. The summed E-state index contributed by atoms with van der Waals surface area (Å²) in [4.78, 5) is 12.4. The monoisotopic (exact) mass is 316 g/mol. The average molecular weight is 317 g/mol. The van der Waals surface area contributed by atoms with E-state index in [1.807, 2.05) is 36.4 Å². The largest absolute Gasteiger partial charge is 0.501 e. The smallest absolute Gasteiger partial charge is 0.192 e. The molecule has 96 valence electrons. The number of halogens is 1. The quantitative estimate of drug-likeness (QED) is 0.764. The first-order valence-electron chi connectivity index (χ1n) is 6.29. The SMILES string of the molecule is O=C(C1=COCCC1)c1ccc2cc(Br)ccc2c1. The van der Waals surface area contributed by atoms with Crippen LogP contribution in [0.3, 0.4) is 0 Å². The Morgan fingerprint density at radius 2 is 1.89 bits per heavy atom. The van der Waals surface area contributed by atoms with E-state index in [0.29, 0.717) is 6.61 Å². The molecule has 0 bridgehead atoms. The third-order valence-corrected chi connectivity index (χ3v) is 3.78. The first kappa shape index (κ1) is 12.4. The molecule has 0 N–H and O–H groups in total. The van der Waals surface area contributed by atoms with Crippen molar-refractivity contribution in [2.45, 2.75) is 12.8 Å². The van der Waals surface area contributed by atoms with Crippen LogP contribution in [0.25, 0.3) is 10.8 Å². The van der Waals surface area contributed by atoms with Gasteiger partial charge in [0.15, 0.2) is 5.78 Å². The Hall–Kier alpha value is -1.61. The minimum absolute atomic E-state index is 0.0736. The molecule has 1 heterocycles. The number of rotatable bonds is 2. The highest BCUT2D eigenvalue weighted by molar-refractivity contribution is 9.10. The van der Waals surface area contributed by atoms with Crippen LogP contribution in [0.4, 0.5) is 0 Å². The van der Waals surface area contributed by atoms with Gasteiger partial charge in [-0.25, -0.2) is 0 Å². The molecule has 0 fully saturated rings. The molecule has 0 saturated heterocycles. The molecule has 0 spiro atoms. The zero-order chi connectivity index (χ0) is 13.2. The number of ether oxygens (including phenoxy) is 1. The average Bonchev–Trinajstić information content (AvgIpc) is 2.47. The third kappa shape index (κ3) is 2.56. The highest BCUT2D eigenvalue weighted by Gasteiger charge is 2.15. The predicted octanol–water partition coefficient (Wildman–Crippen LogP) is 4.48. The van der Waals surface area contributed by atoms with Gasteiger partial charge in [0.25, 0.3) is 0 Å². The molecule has 0 unspecified atom stereocenters. The number of ketones is 1. The first-order chi connectivity index (χ1) is 9.24. The van der Waals surface area contributed by atoms with Gasteiger partial charge in [-0.2, -0.15) is 0 Å². The fraction of sp³-hybridized carbons (Fsp3) is 0.188. The summed E-state index contributed by atoms with van der Waals surface area (Å²) in [6, 6.07) is 11.9. The van der Waals surface area contributed by atoms with E-state index >= 15 is 0 Å². The van der Waals surface area contributed by atoms with Gasteiger partial charge in [0.05, 0.1) is 12.9 Å². The van der Waals surface area contributed by atoms with Crippen LogP contribution in [0.1, 0.15) is 23.2 Å². The van der Waals surface area contributed by atoms with E-state index in [9.17, 15) is 4.79 Å². The molecule has 2 aromatic rings. The number of fused-ring (bicyclic) bond motifs is 1. The highest BCUT2D eigenvalue weighted by atomic mass is 79.9. The molecule has 3 rings (SSSR count). The summed E-state index contributed by atoms with van der Waals surface area (Å²) in [6.07, 6.45) is 3.33. The van der Waals surface area contributed by atoms with Crippen LogP contribution in [0.15, 0.2) is 52.7 Å². The Morgan fingerprint density at radius 3 is 2.68 bits per heavy atom. The van der Waals surface area contributed by atoms with Crippen LogP contribution in [0, 0.1) is 0 Å². The van der Waals surface area contributed by atoms with Crippen molar-refractivity contribution in [3.63, 3.8) is 0 Å². The van der Waals surface area contributed by atoms with Crippen molar-refractivity contribution in [3.8, 4) is 0 Å². The fourth-order valence-corrected chi connectivity index (χ4v) is 2.65. The van der Waals surface area contributed by atoms with Gasteiger partial charge >= 0.3 is 0 Å². The minimum atomic E-state index is 0.0736. The molecule has 0 radical (unpaired) electrons. The normalized spacial score (nSPS) is 14.9. The Balaban J connectivity index is 1.99. The molecular formula is C16H13BrO2. The van der Waals surface area contributed by atoms with E-state index < -0.39 is 0 Å². The second-order valence-electron chi connectivity index (χ2n) is 4.65. The summed E-state index contributed by atoms with van der Waals surface area (Å²) < 4.78 is 6.28. The lowest BCUT2D eigenvalue weighted by molar-refractivity contribution is 0.101. The Bertz CT molecular complexity index is 674. The molecule has 0 amide bonds. The fourth-order valence-electron chi connectivity index (χ4n) is 2.27. The lowest BCUT2D eigenvalue weighted by Crippen LogP contribution is -2.09. The van der Waals surface area contributed by atoms with Gasteiger partial charge < -0.3 is 4.74 Å². The van der Waals surface area contributed by atoms with E-state index in [4.69, 9.17) is 4.74 Å². The summed E-state index contributed by atoms with van der Waals surface area (Å²) in [5, 5.41) is 2.20. The van der Waals surface area contributed by atoms with E-state index in [0.717, 1.165) is 39.2 Å². The number of allylic oxidation sites excluding steroid dienone is 1. The summed E-state index contributed by atoms with van der Waals surface area (Å²) in [5.74, 6) is 0.0736. The molecule has 0 aromatic heterocycles. The molecule has 0 atom stereocenters.